The monoisotopic (exact) mass is 420 g/mol. The van der Waals surface area contributed by atoms with Gasteiger partial charge in [-0.2, -0.15) is 10.5 Å². The Morgan fingerprint density at radius 3 is 2.57 bits per heavy atom. The Hall–Kier alpha value is -3.86. The molecule has 3 heterocycles. The first-order valence-electron chi connectivity index (χ1n) is 8.67. The number of nitriles is 2. The highest BCUT2D eigenvalue weighted by atomic mass is 32.2. The van der Waals surface area contributed by atoms with Gasteiger partial charge in [0.2, 0.25) is 11.8 Å². The summed E-state index contributed by atoms with van der Waals surface area (Å²) in [6.07, 6.45) is 2.95. The molecule has 10 heteroatoms. The lowest BCUT2D eigenvalue weighted by Crippen LogP contribution is -2.05. The molecule has 150 valence electrons. The maximum absolute atomic E-state index is 9.81. The molecule has 0 aliphatic carbocycles. The normalized spacial score (nSPS) is 10.2. The molecule has 0 radical (unpaired) electrons. The number of hydrogen-bond donors (Lipinski definition) is 3. The molecule has 9 nitrogen and oxygen atoms in total. The van der Waals surface area contributed by atoms with Gasteiger partial charge in [-0.25, -0.2) is 15.0 Å². The van der Waals surface area contributed by atoms with Crippen LogP contribution in [0, 0.1) is 22.7 Å². The first-order valence-corrected chi connectivity index (χ1v) is 9.66. The van der Waals surface area contributed by atoms with Crippen molar-refractivity contribution < 1.29 is 14.9 Å². The summed E-state index contributed by atoms with van der Waals surface area (Å²) < 4.78 is 5.25. The second-order valence-corrected chi connectivity index (χ2v) is 6.88. The molecule has 0 amide bonds. The number of pyridine rings is 3. The number of aromatic hydroxyl groups is 1. The maximum atomic E-state index is 9.81. The number of aromatic nitrogens is 3. The molecular weight excluding hydrogens is 404 g/mol. The van der Waals surface area contributed by atoms with Crippen LogP contribution >= 0.6 is 11.8 Å². The van der Waals surface area contributed by atoms with Crippen LogP contribution in [-0.2, 0) is 5.75 Å². The van der Waals surface area contributed by atoms with Crippen LogP contribution in [0.5, 0.6) is 11.8 Å². The zero-order chi connectivity index (χ0) is 21.5. The van der Waals surface area contributed by atoms with E-state index in [9.17, 15) is 15.6 Å². The van der Waals surface area contributed by atoms with Crippen LogP contribution in [0.1, 0.15) is 16.7 Å². The second kappa shape index (κ2) is 9.56. The van der Waals surface area contributed by atoms with Gasteiger partial charge in [0.05, 0.1) is 12.2 Å². The van der Waals surface area contributed by atoms with Gasteiger partial charge in [-0.05, 0) is 17.7 Å². The Kier molecular flexibility index (Phi) is 6.65. The number of rotatable bonds is 7. The van der Waals surface area contributed by atoms with Crippen molar-refractivity contribution in [1.29, 1.82) is 10.5 Å². The number of nitrogens with two attached hydrogens (primary N) is 1. The molecule has 0 saturated carbocycles. The Morgan fingerprint density at radius 1 is 1.13 bits per heavy atom. The second-order valence-electron chi connectivity index (χ2n) is 5.92. The summed E-state index contributed by atoms with van der Waals surface area (Å²) in [5.41, 5.74) is 7.93. The third-order valence-corrected chi connectivity index (χ3v) is 5.01. The van der Waals surface area contributed by atoms with Gasteiger partial charge in [0.1, 0.15) is 35.2 Å². The van der Waals surface area contributed by atoms with Crippen molar-refractivity contribution in [3.63, 3.8) is 0 Å². The van der Waals surface area contributed by atoms with Crippen LogP contribution in [0.2, 0.25) is 0 Å². The van der Waals surface area contributed by atoms with Gasteiger partial charge in [0.25, 0.3) is 0 Å². The number of aliphatic hydroxyl groups is 1. The molecular formula is C20H16N6O3S. The Balaban J connectivity index is 2.01. The highest BCUT2D eigenvalue weighted by Crippen LogP contribution is 2.36. The highest BCUT2D eigenvalue weighted by molar-refractivity contribution is 7.98. The Morgan fingerprint density at radius 2 is 1.93 bits per heavy atom. The summed E-state index contributed by atoms with van der Waals surface area (Å²) >= 11 is 1.26. The van der Waals surface area contributed by atoms with Gasteiger partial charge in [-0.1, -0.05) is 0 Å². The lowest BCUT2D eigenvalue weighted by Gasteiger charge is -2.13. The lowest BCUT2D eigenvalue weighted by atomic mass is 9.98. The predicted molar refractivity (Wildman–Crippen MR) is 109 cm³/mol. The minimum atomic E-state index is -0.142. The van der Waals surface area contributed by atoms with Gasteiger partial charge in [0.15, 0.2) is 0 Å². The number of anilines is 1. The predicted octanol–water partition coefficient (Wildman–Crippen LogP) is 2.23. The molecule has 0 spiro atoms. The Labute approximate surface area is 176 Å². The minimum absolute atomic E-state index is 0.00665. The molecule has 0 unspecified atom stereocenters. The van der Waals surface area contributed by atoms with E-state index >= 15 is 0 Å². The number of nitrogens with zero attached hydrogens (tertiary/aromatic N) is 5. The summed E-state index contributed by atoms with van der Waals surface area (Å²) in [7, 11) is 0. The molecule has 0 atom stereocenters. The minimum Gasteiger partial charge on any atom is -0.493 e. The molecule has 0 fully saturated rings. The number of aliphatic hydroxyl groups excluding tert-OH is 1. The van der Waals surface area contributed by atoms with E-state index in [-0.39, 0.29) is 36.0 Å². The number of nitrogen functional groups attached to an aromatic ring is 1. The molecule has 3 rings (SSSR count). The Bertz CT molecular complexity index is 1140. The van der Waals surface area contributed by atoms with Crippen molar-refractivity contribution in [2.45, 2.75) is 10.8 Å². The van der Waals surface area contributed by atoms with Crippen molar-refractivity contribution in [3.8, 4) is 35.0 Å². The summed E-state index contributed by atoms with van der Waals surface area (Å²) in [5.74, 6) is 0.622. The summed E-state index contributed by atoms with van der Waals surface area (Å²) in [5, 5.41) is 38.1. The smallest absolute Gasteiger partial charge is 0.213 e. The molecule has 4 N–H and O–H groups in total. The van der Waals surface area contributed by atoms with Crippen molar-refractivity contribution in [2.75, 3.05) is 18.9 Å². The SMILES string of the molecule is N#Cc1c(N)nc(SCc2ccnc(O)c2)c(C#N)c1-c1ccc(OCCO)nc1. The van der Waals surface area contributed by atoms with Crippen LogP contribution in [-0.4, -0.2) is 38.4 Å². The van der Waals surface area contributed by atoms with Gasteiger partial charge in [-0.3, -0.25) is 0 Å². The van der Waals surface area contributed by atoms with Crippen LogP contribution in [0.4, 0.5) is 5.82 Å². The summed E-state index contributed by atoms with van der Waals surface area (Å²) in [4.78, 5) is 12.1. The molecule has 0 aliphatic rings. The third-order valence-electron chi connectivity index (χ3n) is 3.97. The molecule has 0 saturated heterocycles. The molecule has 0 aromatic carbocycles. The topological polar surface area (TPSA) is 162 Å². The van der Waals surface area contributed by atoms with E-state index in [2.05, 4.69) is 21.0 Å². The molecule has 0 bridgehead atoms. The van der Waals surface area contributed by atoms with E-state index < -0.39 is 0 Å². The molecule has 3 aromatic heterocycles. The number of ether oxygens (including phenoxy) is 1. The number of thioether (sulfide) groups is 1. The van der Waals surface area contributed by atoms with Gasteiger partial charge in [0, 0.05) is 41.4 Å². The average molecular weight is 420 g/mol. The van der Waals surface area contributed by atoms with Gasteiger partial charge >= 0.3 is 0 Å². The van der Waals surface area contributed by atoms with E-state index in [0.717, 1.165) is 5.56 Å². The first-order chi connectivity index (χ1) is 14.6. The van der Waals surface area contributed by atoms with E-state index in [4.69, 9.17) is 15.6 Å². The third kappa shape index (κ3) is 4.58. The fourth-order valence-corrected chi connectivity index (χ4v) is 3.59. The largest absolute Gasteiger partial charge is 0.493 e. The van der Waals surface area contributed by atoms with Crippen LogP contribution in [0.3, 0.4) is 0 Å². The van der Waals surface area contributed by atoms with Crippen molar-refractivity contribution in [1.82, 2.24) is 15.0 Å². The maximum Gasteiger partial charge on any atom is 0.213 e. The molecule has 30 heavy (non-hydrogen) atoms. The van der Waals surface area contributed by atoms with Crippen LogP contribution in [0.15, 0.2) is 41.7 Å². The van der Waals surface area contributed by atoms with Crippen molar-refractivity contribution >= 4 is 17.6 Å². The molecule has 0 aliphatic heterocycles. The lowest BCUT2D eigenvalue weighted by molar-refractivity contribution is 0.196. The van der Waals surface area contributed by atoms with Crippen molar-refractivity contribution in [2.24, 2.45) is 0 Å². The average Bonchev–Trinajstić information content (AvgIpc) is 2.76. The molecule has 3 aromatic rings. The van der Waals surface area contributed by atoms with Gasteiger partial charge < -0.3 is 20.7 Å². The summed E-state index contributed by atoms with van der Waals surface area (Å²) in [6, 6.07) is 10.6. The van der Waals surface area contributed by atoms with Crippen LogP contribution in [0.25, 0.3) is 11.1 Å². The van der Waals surface area contributed by atoms with E-state index in [1.165, 1.54) is 30.2 Å². The fourth-order valence-electron chi connectivity index (χ4n) is 2.66. The fraction of sp³-hybridized carbons (Fsp3) is 0.150. The van der Waals surface area contributed by atoms with Gasteiger partial charge in [-0.15, -0.1) is 11.8 Å². The van der Waals surface area contributed by atoms with E-state index in [1.807, 2.05) is 6.07 Å². The zero-order valence-corrected chi connectivity index (χ0v) is 16.4. The van der Waals surface area contributed by atoms with E-state index in [1.54, 1.807) is 18.2 Å². The summed E-state index contributed by atoms with van der Waals surface area (Å²) in [6.45, 7) is -0.0376. The van der Waals surface area contributed by atoms with Crippen LogP contribution < -0.4 is 10.5 Å². The van der Waals surface area contributed by atoms with E-state index in [0.29, 0.717) is 27.8 Å². The highest BCUT2D eigenvalue weighted by Gasteiger charge is 2.21. The standard InChI is InChI=1S/C20H16N6O3S/c21-8-14-18(13-1-2-17(25-10-13)29-6-5-27)15(9-22)20(26-19(14)23)30-11-12-3-4-24-16(28)7-12/h1-4,7,10,27H,5-6,11H2,(H2,23,26)(H,24,28). The quantitative estimate of drug-likeness (QED) is 0.483. The zero-order valence-electron chi connectivity index (χ0n) is 15.6. The number of hydrogen-bond acceptors (Lipinski definition) is 10. The first kappa shape index (κ1) is 20.9. The van der Waals surface area contributed by atoms with Crippen molar-refractivity contribution in [3.05, 3.63) is 53.3 Å².